The molecule has 0 saturated heterocycles. The topological polar surface area (TPSA) is 102 Å². The molecule has 0 bridgehead atoms. The summed E-state index contributed by atoms with van der Waals surface area (Å²) in [7, 11) is -2.80. The lowest BCUT2D eigenvalue weighted by molar-refractivity contribution is -0.147. The summed E-state index contributed by atoms with van der Waals surface area (Å²) in [5.74, 6) is -2.41. The number of sulfonamides is 1. The Morgan fingerprint density at radius 2 is 1.95 bits per heavy atom. The number of hydrogen-bond donors (Lipinski definition) is 2. The van der Waals surface area contributed by atoms with E-state index in [-0.39, 0.29) is 0 Å². The molecule has 1 amide bonds. The van der Waals surface area contributed by atoms with Gasteiger partial charge in [0.1, 0.15) is 17.3 Å². The second kappa shape index (κ2) is 6.96. The Labute approximate surface area is 115 Å². The standard InChI is InChI=1S/C11H13FN2O5S/c1-13-10(15)7-19-11(16)6-14-20(17,18)9-5-3-2-4-8(9)12/h2-5,14H,6-7H2,1H3,(H,13,15). The Hall–Kier alpha value is -2.00. The Balaban J connectivity index is 2.59. The lowest BCUT2D eigenvalue weighted by Crippen LogP contribution is -2.33. The minimum atomic E-state index is -4.16. The third-order valence-corrected chi connectivity index (χ3v) is 3.61. The highest BCUT2D eigenvalue weighted by atomic mass is 32.2. The van der Waals surface area contributed by atoms with Crippen LogP contribution in [0.4, 0.5) is 4.39 Å². The molecule has 0 heterocycles. The molecule has 0 saturated carbocycles. The Bertz CT molecular complexity index is 603. The fourth-order valence-electron chi connectivity index (χ4n) is 1.16. The van der Waals surface area contributed by atoms with Gasteiger partial charge in [-0.25, -0.2) is 12.8 Å². The number of amides is 1. The quantitative estimate of drug-likeness (QED) is 0.683. The molecule has 9 heteroatoms. The van der Waals surface area contributed by atoms with Crippen molar-refractivity contribution in [2.24, 2.45) is 0 Å². The zero-order valence-electron chi connectivity index (χ0n) is 10.6. The van der Waals surface area contributed by atoms with Crippen LogP contribution in [0.1, 0.15) is 0 Å². The van der Waals surface area contributed by atoms with E-state index in [1.165, 1.54) is 19.2 Å². The molecule has 0 aliphatic carbocycles. The Kier molecular flexibility index (Phi) is 5.59. The maximum absolute atomic E-state index is 13.3. The van der Waals surface area contributed by atoms with Gasteiger partial charge >= 0.3 is 5.97 Å². The molecule has 20 heavy (non-hydrogen) atoms. The van der Waals surface area contributed by atoms with Gasteiger partial charge in [-0.3, -0.25) is 9.59 Å². The summed E-state index contributed by atoms with van der Waals surface area (Å²) in [6.45, 7) is -1.22. The van der Waals surface area contributed by atoms with Crippen LogP contribution in [0, 0.1) is 5.82 Å². The third kappa shape index (κ3) is 4.59. The molecular weight excluding hydrogens is 291 g/mol. The number of halogens is 1. The normalized spacial score (nSPS) is 10.9. The lowest BCUT2D eigenvalue weighted by Gasteiger charge is -2.07. The molecular formula is C11H13FN2O5S. The molecule has 0 unspecified atom stereocenters. The minimum Gasteiger partial charge on any atom is -0.455 e. The van der Waals surface area contributed by atoms with Crippen molar-refractivity contribution in [3.8, 4) is 0 Å². The van der Waals surface area contributed by atoms with E-state index in [4.69, 9.17) is 0 Å². The van der Waals surface area contributed by atoms with Gasteiger partial charge in [0.25, 0.3) is 5.91 Å². The van der Waals surface area contributed by atoms with Crippen LogP contribution in [0.5, 0.6) is 0 Å². The third-order valence-electron chi connectivity index (χ3n) is 2.18. The van der Waals surface area contributed by atoms with Crippen molar-refractivity contribution >= 4 is 21.9 Å². The van der Waals surface area contributed by atoms with Gasteiger partial charge in [-0.15, -0.1) is 0 Å². The number of carbonyl (C=O) groups is 2. The summed E-state index contributed by atoms with van der Waals surface area (Å²) in [5, 5.41) is 2.22. The molecule has 110 valence electrons. The van der Waals surface area contributed by atoms with Crippen molar-refractivity contribution in [2.75, 3.05) is 20.2 Å². The second-order valence-corrected chi connectivity index (χ2v) is 5.32. The molecule has 1 aromatic rings. The lowest BCUT2D eigenvalue weighted by atomic mass is 10.4. The summed E-state index contributed by atoms with van der Waals surface area (Å²) in [4.78, 5) is 21.4. The first kappa shape index (κ1) is 16.1. The molecule has 1 aromatic carbocycles. The number of esters is 1. The van der Waals surface area contributed by atoms with Crippen LogP contribution in [0.25, 0.3) is 0 Å². The summed E-state index contributed by atoms with van der Waals surface area (Å²) in [6.07, 6.45) is 0. The molecule has 0 spiro atoms. The van der Waals surface area contributed by atoms with Crippen LogP contribution >= 0.6 is 0 Å². The Morgan fingerprint density at radius 1 is 1.30 bits per heavy atom. The van der Waals surface area contributed by atoms with Crippen molar-refractivity contribution in [1.82, 2.24) is 10.0 Å². The maximum Gasteiger partial charge on any atom is 0.321 e. The summed E-state index contributed by atoms with van der Waals surface area (Å²) < 4.78 is 43.1. The minimum absolute atomic E-state index is 0.517. The maximum atomic E-state index is 13.3. The molecule has 0 fully saturated rings. The van der Waals surface area contributed by atoms with E-state index in [9.17, 15) is 22.4 Å². The van der Waals surface area contributed by atoms with Crippen molar-refractivity contribution in [2.45, 2.75) is 4.90 Å². The summed E-state index contributed by atoms with van der Waals surface area (Å²) in [5.41, 5.74) is 0. The SMILES string of the molecule is CNC(=O)COC(=O)CNS(=O)(=O)c1ccccc1F. The molecule has 0 aliphatic heterocycles. The van der Waals surface area contributed by atoms with E-state index in [1.54, 1.807) is 0 Å². The van der Waals surface area contributed by atoms with Crippen LogP contribution < -0.4 is 10.0 Å². The zero-order chi connectivity index (χ0) is 15.2. The second-order valence-electron chi connectivity index (χ2n) is 3.59. The first-order valence-corrected chi connectivity index (χ1v) is 6.95. The number of hydrogen-bond acceptors (Lipinski definition) is 5. The van der Waals surface area contributed by atoms with Crippen LogP contribution in [-0.2, 0) is 24.3 Å². The monoisotopic (exact) mass is 304 g/mol. The highest BCUT2D eigenvalue weighted by molar-refractivity contribution is 7.89. The van der Waals surface area contributed by atoms with Crippen LogP contribution in [0.3, 0.4) is 0 Å². The largest absolute Gasteiger partial charge is 0.455 e. The predicted octanol–water partition coefficient (Wildman–Crippen LogP) is -0.607. The fraction of sp³-hybridized carbons (Fsp3) is 0.273. The fourth-order valence-corrected chi connectivity index (χ4v) is 2.21. The number of likely N-dealkylation sites (N-methyl/N-ethyl adjacent to an activating group) is 1. The van der Waals surface area contributed by atoms with Gasteiger partial charge in [0, 0.05) is 7.05 Å². The van der Waals surface area contributed by atoms with Gasteiger partial charge in [0.2, 0.25) is 10.0 Å². The van der Waals surface area contributed by atoms with E-state index in [0.717, 1.165) is 12.1 Å². The van der Waals surface area contributed by atoms with Gasteiger partial charge in [-0.1, -0.05) is 12.1 Å². The number of nitrogens with one attached hydrogen (secondary N) is 2. The number of carbonyl (C=O) groups excluding carboxylic acids is 2. The first-order valence-electron chi connectivity index (χ1n) is 5.47. The summed E-state index contributed by atoms with van der Waals surface area (Å²) in [6, 6.07) is 4.74. The predicted molar refractivity (Wildman–Crippen MR) is 66.6 cm³/mol. The summed E-state index contributed by atoms with van der Waals surface area (Å²) >= 11 is 0. The van der Waals surface area contributed by atoms with Crippen LogP contribution in [-0.4, -0.2) is 40.5 Å². The average molecular weight is 304 g/mol. The van der Waals surface area contributed by atoms with Crippen molar-refractivity contribution in [3.63, 3.8) is 0 Å². The van der Waals surface area contributed by atoms with Gasteiger partial charge in [-0.2, -0.15) is 4.72 Å². The van der Waals surface area contributed by atoms with Gasteiger partial charge < -0.3 is 10.1 Å². The first-order chi connectivity index (χ1) is 9.36. The number of rotatable bonds is 6. The van der Waals surface area contributed by atoms with E-state index < -0.39 is 45.8 Å². The van der Waals surface area contributed by atoms with Crippen LogP contribution in [0.15, 0.2) is 29.2 Å². The van der Waals surface area contributed by atoms with E-state index in [0.29, 0.717) is 0 Å². The molecule has 7 nitrogen and oxygen atoms in total. The van der Waals surface area contributed by atoms with Gasteiger partial charge in [-0.05, 0) is 12.1 Å². The van der Waals surface area contributed by atoms with Gasteiger partial charge in [0.15, 0.2) is 6.61 Å². The molecule has 0 aliphatic rings. The zero-order valence-corrected chi connectivity index (χ0v) is 11.4. The van der Waals surface area contributed by atoms with E-state index >= 15 is 0 Å². The molecule has 0 atom stereocenters. The van der Waals surface area contributed by atoms with Crippen molar-refractivity contribution in [3.05, 3.63) is 30.1 Å². The molecule has 2 N–H and O–H groups in total. The van der Waals surface area contributed by atoms with E-state index in [2.05, 4.69) is 10.1 Å². The molecule has 0 radical (unpaired) electrons. The van der Waals surface area contributed by atoms with E-state index in [1.807, 2.05) is 4.72 Å². The van der Waals surface area contributed by atoms with Crippen molar-refractivity contribution in [1.29, 1.82) is 0 Å². The smallest absolute Gasteiger partial charge is 0.321 e. The molecule has 0 aromatic heterocycles. The highest BCUT2D eigenvalue weighted by Gasteiger charge is 2.19. The highest BCUT2D eigenvalue weighted by Crippen LogP contribution is 2.12. The molecule has 1 rings (SSSR count). The number of benzene rings is 1. The Morgan fingerprint density at radius 3 is 2.55 bits per heavy atom. The number of ether oxygens (including phenoxy) is 1. The van der Waals surface area contributed by atoms with Gasteiger partial charge in [0.05, 0.1) is 0 Å². The average Bonchev–Trinajstić information content (AvgIpc) is 2.42. The van der Waals surface area contributed by atoms with Crippen LogP contribution in [0.2, 0.25) is 0 Å². The van der Waals surface area contributed by atoms with Crippen molar-refractivity contribution < 1.29 is 27.1 Å².